The van der Waals surface area contributed by atoms with E-state index in [1.807, 2.05) is 6.92 Å². The topological polar surface area (TPSA) is 9.23 Å². The van der Waals surface area contributed by atoms with Crippen molar-refractivity contribution in [2.45, 2.75) is 19.8 Å². The van der Waals surface area contributed by atoms with Gasteiger partial charge < -0.3 is 17.7 Å². The molecule has 0 aliphatic carbocycles. The van der Waals surface area contributed by atoms with Crippen LogP contribution in [0.15, 0.2) is 18.2 Å². The van der Waals surface area contributed by atoms with E-state index in [4.69, 9.17) is 4.74 Å². The van der Waals surface area contributed by atoms with Crippen molar-refractivity contribution in [3.8, 4) is 5.75 Å². The molecular weight excluding hydrogens is 262 g/mol. The third-order valence-electron chi connectivity index (χ3n) is 2.08. The summed E-state index contributed by atoms with van der Waals surface area (Å²) in [7, 11) is 0. The molecule has 0 aliphatic rings. The van der Waals surface area contributed by atoms with Crippen LogP contribution in [0.3, 0.4) is 0 Å². The number of halogens is 4. The van der Waals surface area contributed by atoms with E-state index in [0.717, 1.165) is 24.6 Å². The van der Waals surface area contributed by atoms with Crippen LogP contribution in [0.25, 0.3) is 0 Å². The summed E-state index contributed by atoms with van der Waals surface area (Å²) in [5, 5.41) is 0. The molecule has 1 rings (SSSR count). The largest absolute Gasteiger partial charge is 1.00 e. The first kappa shape index (κ1) is 17.4. The third-order valence-corrected chi connectivity index (χ3v) is 2.08. The summed E-state index contributed by atoms with van der Waals surface area (Å²) >= 11 is 0. The predicted octanol–water partition coefficient (Wildman–Crippen LogP) is 0.0630. The summed E-state index contributed by atoms with van der Waals surface area (Å²) in [5.74, 6) is -1.14. The minimum Gasteiger partial charge on any atom is -0.496 e. The van der Waals surface area contributed by atoms with Crippen molar-refractivity contribution in [2.75, 3.05) is 6.61 Å². The first-order valence-electron chi connectivity index (χ1n) is 5.07. The Morgan fingerprint density at radius 3 is 2.41 bits per heavy atom. The van der Waals surface area contributed by atoms with Gasteiger partial charge in [0.1, 0.15) is 5.82 Å². The molecule has 0 unspecified atom stereocenters. The molecule has 0 aliphatic heterocycles. The number of benzene rings is 1. The van der Waals surface area contributed by atoms with Gasteiger partial charge in [-0.25, -0.2) is 4.39 Å². The van der Waals surface area contributed by atoms with Crippen LogP contribution in [-0.2, 0) is 0 Å². The standard InChI is InChI=1S/C10H12BF4O.K/c1-2-3-6-16-10-7-8(12)4-5-9(10)11(13,14)15;/h4-5,7H,2-3,6H2,1H3;/q-1;+1. The van der Waals surface area contributed by atoms with Crippen LogP contribution in [0.5, 0.6) is 5.75 Å². The average Bonchev–Trinajstić information content (AvgIpc) is 2.16. The smallest absolute Gasteiger partial charge is 0.496 e. The summed E-state index contributed by atoms with van der Waals surface area (Å²) < 4.78 is 55.4. The minimum absolute atomic E-state index is 0. The number of rotatable bonds is 5. The van der Waals surface area contributed by atoms with Gasteiger partial charge in [-0.1, -0.05) is 24.9 Å². The second-order valence-electron chi connectivity index (χ2n) is 3.46. The molecule has 1 nitrogen and oxygen atoms in total. The van der Waals surface area contributed by atoms with Crippen molar-refractivity contribution < 1.29 is 73.5 Å². The molecule has 0 fully saturated rings. The number of hydrogen-bond acceptors (Lipinski definition) is 1. The van der Waals surface area contributed by atoms with E-state index in [1.54, 1.807) is 0 Å². The molecular formula is C10H12BF4KO. The molecule has 0 bridgehead atoms. The molecule has 1 aromatic carbocycles. The molecule has 0 saturated carbocycles. The fourth-order valence-corrected chi connectivity index (χ4v) is 1.23. The minimum atomic E-state index is -5.16. The molecule has 0 N–H and O–H groups in total. The van der Waals surface area contributed by atoms with Gasteiger partial charge in [-0.3, -0.25) is 0 Å². The normalized spacial score (nSPS) is 10.9. The summed E-state index contributed by atoms with van der Waals surface area (Å²) in [6, 6.07) is 2.29. The van der Waals surface area contributed by atoms with Gasteiger partial charge in [0.2, 0.25) is 0 Å². The van der Waals surface area contributed by atoms with Crippen molar-refractivity contribution in [3.05, 3.63) is 24.0 Å². The Labute approximate surface area is 140 Å². The predicted molar refractivity (Wildman–Crippen MR) is 55.5 cm³/mol. The van der Waals surface area contributed by atoms with Crippen LogP contribution in [0, 0.1) is 5.82 Å². The fraction of sp³-hybridized carbons (Fsp3) is 0.400. The van der Waals surface area contributed by atoms with Crippen molar-refractivity contribution in [2.24, 2.45) is 0 Å². The first-order valence-corrected chi connectivity index (χ1v) is 5.07. The maximum absolute atomic E-state index is 12.8. The maximum atomic E-state index is 12.8. The summed E-state index contributed by atoms with van der Waals surface area (Å²) in [5.41, 5.74) is -0.877. The molecule has 1 aromatic rings. The molecule has 0 heterocycles. The summed E-state index contributed by atoms with van der Waals surface area (Å²) in [6.45, 7) is -3.11. The number of unbranched alkanes of at least 4 members (excludes halogenated alkanes) is 1. The average molecular weight is 274 g/mol. The van der Waals surface area contributed by atoms with E-state index in [0.29, 0.717) is 6.42 Å². The molecule has 0 aromatic heterocycles. The SMILES string of the molecule is CCCCOc1cc(F)ccc1[B-](F)(F)F.[K+]. The number of hydrogen-bond donors (Lipinski definition) is 0. The first-order chi connectivity index (χ1) is 7.45. The molecule has 7 heteroatoms. The second kappa shape index (κ2) is 7.78. The Balaban J connectivity index is 0.00000256. The van der Waals surface area contributed by atoms with Gasteiger partial charge in [-0.15, -0.1) is 0 Å². The molecule has 0 spiro atoms. The third kappa shape index (κ3) is 5.74. The zero-order valence-corrected chi connectivity index (χ0v) is 13.0. The van der Waals surface area contributed by atoms with Crippen LogP contribution in [0.1, 0.15) is 19.8 Å². The Morgan fingerprint density at radius 1 is 1.24 bits per heavy atom. The molecule has 90 valence electrons. The Hall–Kier alpha value is 0.441. The van der Waals surface area contributed by atoms with E-state index in [-0.39, 0.29) is 58.0 Å². The quantitative estimate of drug-likeness (QED) is 0.419. The van der Waals surface area contributed by atoms with E-state index < -0.39 is 24.0 Å². The molecule has 0 atom stereocenters. The summed E-state index contributed by atoms with van der Waals surface area (Å²) in [4.78, 5) is 0. The Bertz CT molecular complexity index is 357. The van der Waals surface area contributed by atoms with E-state index in [1.165, 1.54) is 0 Å². The zero-order chi connectivity index (χ0) is 12.2. The number of ether oxygens (including phenoxy) is 1. The van der Waals surface area contributed by atoms with Crippen LogP contribution >= 0.6 is 0 Å². The van der Waals surface area contributed by atoms with Crippen molar-refractivity contribution >= 4 is 12.4 Å². The van der Waals surface area contributed by atoms with E-state index >= 15 is 0 Å². The fourth-order valence-electron chi connectivity index (χ4n) is 1.23. The van der Waals surface area contributed by atoms with E-state index in [2.05, 4.69) is 0 Å². The van der Waals surface area contributed by atoms with Gasteiger partial charge >= 0.3 is 58.4 Å². The van der Waals surface area contributed by atoms with Gasteiger partial charge in [-0.2, -0.15) is 0 Å². The van der Waals surface area contributed by atoms with Crippen LogP contribution in [0.4, 0.5) is 17.3 Å². The van der Waals surface area contributed by atoms with Gasteiger partial charge in [-0.05, 0) is 12.5 Å². The van der Waals surface area contributed by atoms with E-state index in [9.17, 15) is 17.3 Å². The second-order valence-corrected chi connectivity index (χ2v) is 3.46. The molecule has 17 heavy (non-hydrogen) atoms. The van der Waals surface area contributed by atoms with Crippen molar-refractivity contribution in [3.63, 3.8) is 0 Å². The maximum Gasteiger partial charge on any atom is 1.00 e. The Kier molecular flexibility index (Phi) is 7.99. The zero-order valence-electron chi connectivity index (χ0n) is 9.85. The molecule has 0 radical (unpaired) electrons. The van der Waals surface area contributed by atoms with Crippen LogP contribution in [0.2, 0.25) is 0 Å². The van der Waals surface area contributed by atoms with Gasteiger partial charge in [0, 0.05) is 6.07 Å². The van der Waals surface area contributed by atoms with Crippen molar-refractivity contribution in [1.82, 2.24) is 0 Å². The Morgan fingerprint density at radius 2 is 1.88 bits per heavy atom. The molecule has 0 amide bonds. The van der Waals surface area contributed by atoms with Gasteiger partial charge in [0.15, 0.2) is 0 Å². The van der Waals surface area contributed by atoms with Crippen LogP contribution < -0.4 is 61.6 Å². The van der Waals surface area contributed by atoms with Crippen molar-refractivity contribution in [1.29, 1.82) is 0 Å². The summed E-state index contributed by atoms with van der Waals surface area (Å²) in [6.07, 6.45) is 1.45. The molecule has 0 saturated heterocycles. The van der Waals surface area contributed by atoms with Crippen LogP contribution in [-0.4, -0.2) is 13.6 Å². The van der Waals surface area contributed by atoms with Gasteiger partial charge in [0.05, 0.1) is 12.4 Å². The van der Waals surface area contributed by atoms with Gasteiger partial charge in [0.25, 0.3) is 0 Å². The monoisotopic (exact) mass is 274 g/mol.